The van der Waals surface area contributed by atoms with Crippen molar-refractivity contribution < 1.29 is 9.92 Å². The topological polar surface area (TPSA) is 65.3 Å². The molecule has 0 bridgehead atoms. The fourth-order valence-corrected chi connectivity index (χ4v) is 1.98. The second-order valence-corrected chi connectivity index (χ2v) is 4.20. The summed E-state index contributed by atoms with van der Waals surface area (Å²) >= 11 is 1.50. The molecule has 0 aromatic carbocycles. The van der Waals surface area contributed by atoms with Gasteiger partial charge in [-0.3, -0.25) is 0 Å². The summed E-state index contributed by atoms with van der Waals surface area (Å²) in [5, 5.41) is 12.3. The molecule has 0 aliphatic carbocycles. The van der Waals surface area contributed by atoms with Crippen LogP contribution in [-0.2, 0) is 11.3 Å². The van der Waals surface area contributed by atoms with E-state index in [0.717, 1.165) is 17.8 Å². The first-order chi connectivity index (χ1) is 7.22. The summed E-state index contributed by atoms with van der Waals surface area (Å²) in [6, 6.07) is 0. The van der Waals surface area contributed by atoms with Crippen molar-refractivity contribution >= 4 is 11.3 Å². The predicted molar refractivity (Wildman–Crippen MR) is 57.2 cm³/mol. The minimum atomic E-state index is -0.714. The van der Waals surface area contributed by atoms with E-state index in [2.05, 4.69) is 9.82 Å². The largest absolute Gasteiger partial charge is 0.310 e. The van der Waals surface area contributed by atoms with Crippen LogP contribution in [0.4, 0.5) is 0 Å². The van der Waals surface area contributed by atoms with Crippen LogP contribution in [0.25, 0.3) is 0 Å². The first-order valence-corrected chi connectivity index (χ1v) is 5.80. The molecule has 0 N–H and O–H groups in total. The Balaban J connectivity index is 2.44. The van der Waals surface area contributed by atoms with Crippen LogP contribution in [0.5, 0.6) is 0 Å². The van der Waals surface area contributed by atoms with Gasteiger partial charge in [0, 0.05) is 18.0 Å². The van der Waals surface area contributed by atoms with E-state index in [0.29, 0.717) is 12.8 Å². The first-order valence-electron chi connectivity index (χ1n) is 4.92. The van der Waals surface area contributed by atoms with Gasteiger partial charge in [-0.15, -0.1) is 21.5 Å². The number of aromatic nitrogens is 1. The molecule has 15 heavy (non-hydrogen) atoms. The average Bonchev–Trinajstić information content (AvgIpc) is 2.66. The fourth-order valence-electron chi connectivity index (χ4n) is 1.29. The van der Waals surface area contributed by atoms with Crippen LogP contribution in [0.15, 0.2) is 11.6 Å². The lowest BCUT2D eigenvalue weighted by molar-refractivity contribution is -0.768. The highest BCUT2D eigenvalue weighted by Crippen LogP contribution is 2.14. The molecule has 1 heterocycles. The van der Waals surface area contributed by atoms with Gasteiger partial charge in [0.25, 0.3) is 5.09 Å². The molecule has 1 unspecified atom stereocenters. The lowest BCUT2D eigenvalue weighted by atomic mass is 10.1. The maximum Gasteiger partial charge on any atom is 0.294 e. The van der Waals surface area contributed by atoms with Crippen LogP contribution < -0.4 is 0 Å². The van der Waals surface area contributed by atoms with E-state index in [9.17, 15) is 10.1 Å². The van der Waals surface area contributed by atoms with Crippen LogP contribution in [-0.4, -0.2) is 16.2 Å². The second-order valence-electron chi connectivity index (χ2n) is 3.22. The molecule has 0 aliphatic rings. The zero-order valence-corrected chi connectivity index (χ0v) is 9.40. The number of unbranched alkanes of at least 4 members (excludes halogenated alkanes) is 1. The van der Waals surface area contributed by atoms with Crippen LogP contribution in [0.1, 0.15) is 31.2 Å². The minimum Gasteiger partial charge on any atom is -0.310 e. The molecule has 0 saturated carbocycles. The molecular formula is C9H14N2O3S. The standard InChI is InChI=1S/C9H14N2O3S/c1-2-3-4-8(14-11(12)13)7-9-10-5-6-15-9/h5-6,8H,2-4,7H2,1H3. The molecule has 0 radical (unpaired) electrons. The van der Waals surface area contributed by atoms with Gasteiger partial charge in [-0.05, 0) is 6.42 Å². The van der Waals surface area contributed by atoms with E-state index in [4.69, 9.17) is 0 Å². The van der Waals surface area contributed by atoms with E-state index in [1.807, 2.05) is 12.3 Å². The minimum absolute atomic E-state index is 0.355. The summed E-state index contributed by atoms with van der Waals surface area (Å²) in [4.78, 5) is 19.0. The maximum atomic E-state index is 10.3. The molecule has 84 valence electrons. The van der Waals surface area contributed by atoms with Gasteiger partial charge in [0.15, 0.2) is 0 Å². The third-order valence-electron chi connectivity index (χ3n) is 2.00. The Morgan fingerprint density at radius 3 is 3.07 bits per heavy atom. The van der Waals surface area contributed by atoms with Crippen LogP contribution in [0.3, 0.4) is 0 Å². The van der Waals surface area contributed by atoms with Gasteiger partial charge in [-0.2, -0.15) is 0 Å². The van der Waals surface area contributed by atoms with Gasteiger partial charge >= 0.3 is 0 Å². The summed E-state index contributed by atoms with van der Waals surface area (Å²) < 4.78 is 0. The molecule has 1 aromatic rings. The quantitative estimate of drug-likeness (QED) is 0.533. The molecule has 1 atom stereocenters. The Morgan fingerprint density at radius 1 is 1.73 bits per heavy atom. The Bertz CT molecular complexity index is 290. The van der Waals surface area contributed by atoms with Gasteiger partial charge < -0.3 is 4.84 Å². The summed E-state index contributed by atoms with van der Waals surface area (Å²) in [6.07, 6.45) is 4.52. The molecule has 6 heteroatoms. The zero-order valence-electron chi connectivity index (χ0n) is 8.59. The smallest absolute Gasteiger partial charge is 0.294 e. The highest BCUT2D eigenvalue weighted by atomic mass is 32.1. The van der Waals surface area contributed by atoms with Crippen molar-refractivity contribution in [2.75, 3.05) is 0 Å². The lowest BCUT2D eigenvalue weighted by Gasteiger charge is -2.12. The van der Waals surface area contributed by atoms with Gasteiger partial charge in [-0.25, -0.2) is 4.98 Å². The summed E-state index contributed by atoms with van der Waals surface area (Å²) in [6.45, 7) is 2.05. The van der Waals surface area contributed by atoms with E-state index in [1.165, 1.54) is 11.3 Å². The number of hydrogen-bond acceptors (Lipinski definition) is 5. The van der Waals surface area contributed by atoms with E-state index in [-0.39, 0.29) is 6.10 Å². The Hall–Kier alpha value is -1.17. The summed E-state index contributed by atoms with van der Waals surface area (Å²) in [7, 11) is 0. The Labute approximate surface area is 92.2 Å². The first kappa shape index (κ1) is 11.9. The fraction of sp³-hybridized carbons (Fsp3) is 0.667. The van der Waals surface area contributed by atoms with Gasteiger partial charge in [0.2, 0.25) is 0 Å². The van der Waals surface area contributed by atoms with Crippen molar-refractivity contribution in [3.8, 4) is 0 Å². The van der Waals surface area contributed by atoms with Crippen molar-refractivity contribution in [2.45, 2.75) is 38.7 Å². The lowest BCUT2D eigenvalue weighted by Crippen LogP contribution is -2.19. The van der Waals surface area contributed by atoms with Crippen LogP contribution in [0.2, 0.25) is 0 Å². The molecular weight excluding hydrogens is 216 g/mol. The number of hydrogen-bond donors (Lipinski definition) is 0. The number of rotatable bonds is 7. The Kier molecular flexibility index (Phi) is 5.03. The van der Waals surface area contributed by atoms with Gasteiger partial charge in [-0.1, -0.05) is 19.8 Å². The average molecular weight is 230 g/mol. The molecule has 1 rings (SSSR count). The number of nitrogens with zero attached hydrogens (tertiary/aromatic N) is 2. The molecule has 0 saturated heterocycles. The molecule has 0 amide bonds. The van der Waals surface area contributed by atoms with Gasteiger partial charge in [0.1, 0.15) is 6.10 Å². The van der Waals surface area contributed by atoms with Gasteiger partial charge in [0.05, 0.1) is 5.01 Å². The third kappa shape index (κ3) is 4.73. The highest BCUT2D eigenvalue weighted by molar-refractivity contribution is 7.09. The van der Waals surface area contributed by atoms with E-state index >= 15 is 0 Å². The molecule has 0 spiro atoms. The highest BCUT2D eigenvalue weighted by Gasteiger charge is 2.14. The third-order valence-corrected chi connectivity index (χ3v) is 2.80. The summed E-state index contributed by atoms with van der Waals surface area (Å²) in [5.74, 6) is 0. The predicted octanol–water partition coefficient (Wildman–Crippen LogP) is 2.45. The monoisotopic (exact) mass is 230 g/mol. The maximum absolute atomic E-state index is 10.3. The summed E-state index contributed by atoms with van der Waals surface area (Å²) in [5.41, 5.74) is 0. The number of thiazole rings is 1. The van der Waals surface area contributed by atoms with Crippen molar-refractivity contribution in [1.82, 2.24) is 4.98 Å². The van der Waals surface area contributed by atoms with E-state index < -0.39 is 5.09 Å². The molecule has 5 nitrogen and oxygen atoms in total. The van der Waals surface area contributed by atoms with Crippen LogP contribution >= 0.6 is 11.3 Å². The SMILES string of the molecule is CCCCC(Cc1nccs1)O[N+](=O)[O-]. The normalized spacial score (nSPS) is 12.3. The van der Waals surface area contributed by atoms with Crippen LogP contribution in [0, 0.1) is 10.1 Å². The molecule has 0 fully saturated rings. The van der Waals surface area contributed by atoms with Crippen molar-refractivity contribution in [2.24, 2.45) is 0 Å². The Morgan fingerprint density at radius 2 is 2.53 bits per heavy atom. The van der Waals surface area contributed by atoms with Crippen molar-refractivity contribution in [1.29, 1.82) is 0 Å². The molecule has 0 aliphatic heterocycles. The zero-order chi connectivity index (χ0) is 11.1. The second kappa shape index (κ2) is 6.34. The van der Waals surface area contributed by atoms with E-state index in [1.54, 1.807) is 6.20 Å². The van der Waals surface area contributed by atoms with Crippen molar-refractivity contribution in [3.05, 3.63) is 26.7 Å². The molecule has 1 aromatic heterocycles. The van der Waals surface area contributed by atoms with Crippen molar-refractivity contribution in [3.63, 3.8) is 0 Å².